The van der Waals surface area contributed by atoms with Crippen molar-refractivity contribution < 1.29 is 4.79 Å². The van der Waals surface area contributed by atoms with Gasteiger partial charge in [0.25, 0.3) is 0 Å². The first-order valence-electron chi connectivity index (χ1n) is 8.09. The lowest BCUT2D eigenvalue weighted by Crippen LogP contribution is -2.46. The monoisotopic (exact) mass is 308 g/mol. The number of likely N-dealkylation sites (tertiary alicyclic amines) is 1. The van der Waals surface area contributed by atoms with Crippen LogP contribution in [0.25, 0.3) is 0 Å². The molecule has 1 aromatic rings. The summed E-state index contributed by atoms with van der Waals surface area (Å²) in [7, 11) is 0. The van der Waals surface area contributed by atoms with E-state index in [9.17, 15) is 4.79 Å². The Morgan fingerprint density at radius 3 is 2.67 bits per heavy atom. The Bertz CT molecular complexity index is 437. The molecule has 1 N–H and O–H groups in total. The second kappa shape index (κ2) is 7.31. The summed E-state index contributed by atoms with van der Waals surface area (Å²) in [5, 5.41) is 12.3. The van der Waals surface area contributed by atoms with E-state index in [1.165, 1.54) is 19.3 Å². The van der Waals surface area contributed by atoms with Gasteiger partial charge in [0.15, 0.2) is 0 Å². The highest BCUT2D eigenvalue weighted by Crippen LogP contribution is 2.24. The van der Waals surface area contributed by atoms with E-state index in [1.807, 2.05) is 0 Å². The first-order chi connectivity index (χ1) is 10.3. The highest BCUT2D eigenvalue weighted by molar-refractivity contribution is 7.09. The number of carbonyl (C=O) groups excluding carboxylic acids is 1. The summed E-state index contributed by atoms with van der Waals surface area (Å²) in [4.78, 5) is 14.7. The molecule has 0 atom stereocenters. The Kier molecular flexibility index (Phi) is 5.19. The predicted octanol–water partition coefficient (Wildman–Crippen LogP) is 2.20. The molecule has 2 aliphatic rings. The Morgan fingerprint density at radius 2 is 2.00 bits per heavy atom. The second-order valence-corrected chi connectivity index (χ2v) is 7.14. The van der Waals surface area contributed by atoms with E-state index in [0.717, 1.165) is 50.3 Å². The molecule has 0 unspecified atom stereocenters. The van der Waals surface area contributed by atoms with Crippen LogP contribution in [0.2, 0.25) is 0 Å². The third-order valence-corrected chi connectivity index (χ3v) is 5.36. The number of aromatic nitrogens is 2. The minimum atomic E-state index is 0.276. The van der Waals surface area contributed by atoms with Crippen molar-refractivity contribution in [3.8, 4) is 0 Å². The van der Waals surface area contributed by atoms with Gasteiger partial charge in [-0.05, 0) is 25.7 Å². The van der Waals surface area contributed by atoms with E-state index in [2.05, 4.69) is 20.4 Å². The molecule has 2 fully saturated rings. The van der Waals surface area contributed by atoms with E-state index in [-0.39, 0.29) is 5.92 Å². The number of nitrogens with one attached hydrogen (secondary N) is 1. The summed E-state index contributed by atoms with van der Waals surface area (Å²) >= 11 is 1.61. The van der Waals surface area contributed by atoms with Crippen molar-refractivity contribution in [1.82, 2.24) is 20.4 Å². The van der Waals surface area contributed by atoms with Crippen LogP contribution in [0.15, 0.2) is 5.51 Å². The Morgan fingerprint density at radius 1 is 1.24 bits per heavy atom. The minimum absolute atomic E-state index is 0.276. The molecule has 5 nitrogen and oxygen atoms in total. The van der Waals surface area contributed by atoms with Crippen molar-refractivity contribution in [3.63, 3.8) is 0 Å². The first-order valence-corrected chi connectivity index (χ1v) is 8.97. The largest absolute Gasteiger partial charge is 0.353 e. The molecule has 1 aliphatic carbocycles. The van der Waals surface area contributed by atoms with Crippen molar-refractivity contribution in [2.24, 2.45) is 5.92 Å². The number of carbonyl (C=O) groups is 1. The molecule has 21 heavy (non-hydrogen) atoms. The average molecular weight is 308 g/mol. The van der Waals surface area contributed by atoms with Gasteiger partial charge in [-0.25, -0.2) is 0 Å². The fourth-order valence-corrected chi connectivity index (χ4v) is 3.94. The number of hydrogen-bond donors (Lipinski definition) is 1. The molecular formula is C15H24N4OS. The van der Waals surface area contributed by atoms with Gasteiger partial charge in [-0.3, -0.25) is 9.69 Å². The minimum Gasteiger partial charge on any atom is -0.353 e. The third kappa shape index (κ3) is 4.23. The smallest absolute Gasteiger partial charge is 0.223 e. The molecule has 0 aromatic carbocycles. The highest BCUT2D eigenvalue weighted by Gasteiger charge is 2.25. The van der Waals surface area contributed by atoms with E-state index < -0.39 is 0 Å². The molecule has 116 valence electrons. The summed E-state index contributed by atoms with van der Waals surface area (Å²) in [6, 6.07) is 0.366. The summed E-state index contributed by atoms with van der Waals surface area (Å²) in [6.45, 7) is 2.97. The molecule has 1 aliphatic heterocycles. The lowest BCUT2D eigenvalue weighted by Gasteiger charge is -2.33. The lowest BCUT2D eigenvalue weighted by molar-refractivity contribution is -0.127. The van der Waals surface area contributed by atoms with Crippen molar-refractivity contribution in [2.75, 3.05) is 13.1 Å². The number of rotatable bonds is 4. The van der Waals surface area contributed by atoms with Gasteiger partial charge in [0, 0.05) is 25.0 Å². The van der Waals surface area contributed by atoms with Gasteiger partial charge in [0.2, 0.25) is 5.91 Å². The molecule has 0 radical (unpaired) electrons. The van der Waals surface area contributed by atoms with E-state index in [4.69, 9.17) is 0 Å². The standard InChI is InChI=1S/C15H24N4OS/c20-15(12-4-2-1-3-5-12)17-13-6-8-19(9-7-13)10-14-18-16-11-21-14/h11-13H,1-10H2,(H,17,20). The zero-order valence-corrected chi connectivity index (χ0v) is 13.3. The van der Waals surface area contributed by atoms with Crippen molar-refractivity contribution in [2.45, 2.75) is 57.5 Å². The van der Waals surface area contributed by atoms with Crippen LogP contribution in [-0.2, 0) is 11.3 Å². The van der Waals surface area contributed by atoms with Gasteiger partial charge in [-0.2, -0.15) is 0 Å². The summed E-state index contributed by atoms with van der Waals surface area (Å²) < 4.78 is 0. The quantitative estimate of drug-likeness (QED) is 0.926. The van der Waals surface area contributed by atoms with Crippen LogP contribution < -0.4 is 5.32 Å². The van der Waals surface area contributed by atoms with Crippen molar-refractivity contribution in [1.29, 1.82) is 0 Å². The number of amides is 1. The summed E-state index contributed by atoms with van der Waals surface area (Å²) in [5.74, 6) is 0.579. The Labute approximate surface area is 130 Å². The van der Waals surface area contributed by atoms with Crippen LogP contribution in [0.1, 0.15) is 50.0 Å². The topological polar surface area (TPSA) is 58.1 Å². The molecule has 0 spiro atoms. The van der Waals surface area contributed by atoms with Crippen molar-refractivity contribution >= 4 is 17.2 Å². The summed E-state index contributed by atoms with van der Waals surface area (Å²) in [6.07, 6.45) is 8.02. The van der Waals surface area contributed by atoms with Crippen LogP contribution in [0.5, 0.6) is 0 Å². The maximum atomic E-state index is 12.3. The third-order valence-electron chi connectivity index (χ3n) is 4.67. The maximum Gasteiger partial charge on any atom is 0.223 e. The molecule has 6 heteroatoms. The Hall–Kier alpha value is -1.01. The molecular weight excluding hydrogens is 284 g/mol. The number of hydrogen-bond acceptors (Lipinski definition) is 5. The number of piperidine rings is 1. The van der Waals surface area contributed by atoms with Crippen LogP contribution in [-0.4, -0.2) is 40.1 Å². The second-order valence-electron chi connectivity index (χ2n) is 6.23. The SMILES string of the molecule is O=C(NC1CCN(Cc2nncs2)CC1)C1CCCCC1. The average Bonchev–Trinajstić information content (AvgIpc) is 3.03. The van der Waals surface area contributed by atoms with Gasteiger partial charge in [0.05, 0.1) is 6.54 Å². The number of nitrogens with zero attached hydrogens (tertiary/aromatic N) is 3. The molecule has 1 saturated heterocycles. The zero-order chi connectivity index (χ0) is 14.5. The van der Waals surface area contributed by atoms with Crippen LogP contribution in [0.4, 0.5) is 0 Å². The fraction of sp³-hybridized carbons (Fsp3) is 0.800. The molecule has 1 aromatic heterocycles. The van der Waals surface area contributed by atoms with E-state index in [1.54, 1.807) is 16.8 Å². The normalized spacial score (nSPS) is 22.3. The zero-order valence-electron chi connectivity index (χ0n) is 12.5. The predicted molar refractivity (Wildman–Crippen MR) is 82.9 cm³/mol. The molecule has 1 saturated carbocycles. The first kappa shape index (κ1) is 14.9. The Balaban J connectivity index is 1.40. The van der Waals surface area contributed by atoms with Gasteiger partial charge >= 0.3 is 0 Å². The van der Waals surface area contributed by atoms with Crippen molar-refractivity contribution in [3.05, 3.63) is 10.5 Å². The summed E-state index contributed by atoms with van der Waals surface area (Å²) in [5.41, 5.74) is 1.78. The van der Waals surface area contributed by atoms with Gasteiger partial charge in [-0.1, -0.05) is 19.3 Å². The lowest BCUT2D eigenvalue weighted by atomic mass is 9.88. The maximum absolute atomic E-state index is 12.3. The van der Waals surface area contributed by atoms with Gasteiger partial charge < -0.3 is 5.32 Å². The molecule has 0 bridgehead atoms. The fourth-order valence-electron chi connectivity index (χ4n) is 3.38. The molecule has 3 rings (SSSR count). The van der Waals surface area contributed by atoms with Crippen LogP contribution in [0.3, 0.4) is 0 Å². The highest BCUT2D eigenvalue weighted by atomic mass is 32.1. The van der Waals surface area contributed by atoms with Gasteiger partial charge in [0.1, 0.15) is 10.5 Å². The van der Waals surface area contributed by atoms with E-state index >= 15 is 0 Å². The van der Waals surface area contributed by atoms with Gasteiger partial charge in [-0.15, -0.1) is 21.5 Å². The van der Waals surface area contributed by atoms with Crippen LogP contribution >= 0.6 is 11.3 Å². The molecule has 1 amide bonds. The van der Waals surface area contributed by atoms with E-state index in [0.29, 0.717) is 11.9 Å². The molecule has 2 heterocycles. The van der Waals surface area contributed by atoms with Crippen LogP contribution in [0, 0.1) is 5.92 Å².